The second-order valence-electron chi connectivity index (χ2n) is 6.45. The highest BCUT2D eigenvalue weighted by Gasteiger charge is 2.22. The van der Waals surface area contributed by atoms with E-state index in [4.69, 9.17) is 4.74 Å². The van der Waals surface area contributed by atoms with Gasteiger partial charge in [0, 0.05) is 23.3 Å². The fourth-order valence-corrected chi connectivity index (χ4v) is 3.48. The lowest BCUT2D eigenvalue weighted by molar-refractivity contribution is 0.296. The molecule has 0 bridgehead atoms. The molecule has 128 valence electrons. The predicted molar refractivity (Wildman–Crippen MR) is 101 cm³/mol. The average Bonchev–Trinajstić information content (AvgIpc) is 3.32. The van der Waals surface area contributed by atoms with Crippen LogP contribution in [-0.4, -0.2) is 21.6 Å². The van der Waals surface area contributed by atoms with Crippen LogP contribution in [0.3, 0.4) is 0 Å². The Hall–Kier alpha value is -2.47. The van der Waals surface area contributed by atoms with E-state index >= 15 is 0 Å². The first-order valence-corrected chi connectivity index (χ1v) is 9.30. The maximum atomic E-state index is 6.02. The summed E-state index contributed by atoms with van der Waals surface area (Å²) < 4.78 is 6.02. The first-order valence-electron chi connectivity index (χ1n) is 8.42. The van der Waals surface area contributed by atoms with Gasteiger partial charge in [0.1, 0.15) is 5.75 Å². The molecule has 0 saturated heterocycles. The van der Waals surface area contributed by atoms with Crippen molar-refractivity contribution in [3.8, 4) is 17.0 Å². The maximum Gasteiger partial charge on any atom is 0.188 e. The topological polar surface area (TPSA) is 59.9 Å². The normalized spacial score (nSPS) is 13.7. The third kappa shape index (κ3) is 3.79. The molecule has 0 aliphatic heterocycles. The van der Waals surface area contributed by atoms with E-state index < -0.39 is 0 Å². The molecule has 1 saturated carbocycles. The number of aromatic nitrogens is 3. The summed E-state index contributed by atoms with van der Waals surface area (Å²) in [5, 5.41) is 6.04. The van der Waals surface area contributed by atoms with Crippen molar-refractivity contribution in [3.63, 3.8) is 0 Å². The molecule has 1 aliphatic carbocycles. The van der Waals surface area contributed by atoms with Crippen LogP contribution in [0.2, 0.25) is 0 Å². The second kappa shape index (κ2) is 6.80. The zero-order chi connectivity index (χ0) is 17.2. The number of anilines is 2. The molecule has 25 heavy (non-hydrogen) atoms. The van der Waals surface area contributed by atoms with Crippen molar-refractivity contribution in [2.24, 2.45) is 5.92 Å². The van der Waals surface area contributed by atoms with Gasteiger partial charge in [-0.2, -0.15) is 0 Å². The van der Waals surface area contributed by atoms with Crippen molar-refractivity contribution in [2.75, 3.05) is 11.9 Å². The number of hydrogen-bond donors (Lipinski definition) is 1. The van der Waals surface area contributed by atoms with Gasteiger partial charge in [-0.3, -0.25) is 4.98 Å². The summed E-state index contributed by atoms with van der Waals surface area (Å²) in [4.78, 5) is 12.9. The summed E-state index contributed by atoms with van der Waals surface area (Å²) in [6, 6.07) is 4.30. The maximum absolute atomic E-state index is 6.02. The number of hydrogen-bond acceptors (Lipinski definition) is 6. The van der Waals surface area contributed by atoms with Gasteiger partial charge < -0.3 is 10.1 Å². The van der Waals surface area contributed by atoms with Crippen molar-refractivity contribution < 1.29 is 4.74 Å². The number of nitrogens with one attached hydrogen (secondary N) is 1. The third-order valence-electron chi connectivity index (χ3n) is 4.22. The van der Waals surface area contributed by atoms with Crippen LogP contribution in [-0.2, 0) is 0 Å². The van der Waals surface area contributed by atoms with Crippen molar-refractivity contribution in [1.82, 2.24) is 15.0 Å². The lowest BCUT2D eigenvalue weighted by atomic mass is 10.0. The Morgan fingerprint density at radius 1 is 1.20 bits per heavy atom. The Morgan fingerprint density at radius 3 is 2.68 bits per heavy atom. The molecular formula is C19H20N4OS. The summed E-state index contributed by atoms with van der Waals surface area (Å²) in [5.41, 5.74) is 4.38. The summed E-state index contributed by atoms with van der Waals surface area (Å²) in [6.45, 7) is 5.04. The minimum absolute atomic E-state index is 0.694. The largest absolute Gasteiger partial charge is 0.493 e. The first-order chi connectivity index (χ1) is 12.2. The highest BCUT2D eigenvalue weighted by atomic mass is 32.1. The Bertz CT molecular complexity index is 851. The zero-order valence-electron chi connectivity index (χ0n) is 14.3. The van der Waals surface area contributed by atoms with Crippen LogP contribution in [0.4, 0.5) is 10.9 Å². The fraction of sp³-hybridized carbons (Fsp3) is 0.316. The SMILES string of the molecule is Cc1cc(-c2csc(Nc3cnccn3)n2)cc(C)c1OCC1CC1. The molecule has 5 nitrogen and oxygen atoms in total. The van der Waals surface area contributed by atoms with E-state index in [1.807, 2.05) is 0 Å². The number of aryl methyl sites for hydroxylation is 2. The van der Waals surface area contributed by atoms with Gasteiger partial charge >= 0.3 is 0 Å². The number of ether oxygens (including phenoxy) is 1. The van der Waals surface area contributed by atoms with Crippen LogP contribution in [0.1, 0.15) is 24.0 Å². The summed E-state index contributed by atoms with van der Waals surface area (Å²) in [6.07, 6.45) is 7.59. The van der Waals surface area contributed by atoms with Gasteiger partial charge in [0.25, 0.3) is 0 Å². The molecular weight excluding hydrogens is 332 g/mol. The first kappa shape index (κ1) is 16.0. The van der Waals surface area contributed by atoms with Crippen LogP contribution in [0, 0.1) is 19.8 Å². The number of benzene rings is 1. The molecule has 4 rings (SSSR count). The van der Waals surface area contributed by atoms with Gasteiger partial charge in [-0.1, -0.05) is 0 Å². The second-order valence-corrected chi connectivity index (χ2v) is 7.31. The van der Waals surface area contributed by atoms with Gasteiger partial charge in [-0.15, -0.1) is 11.3 Å². The smallest absolute Gasteiger partial charge is 0.188 e. The molecule has 1 N–H and O–H groups in total. The fourth-order valence-electron chi connectivity index (χ4n) is 2.75. The van der Waals surface area contributed by atoms with Gasteiger partial charge in [0.05, 0.1) is 18.5 Å². The van der Waals surface area contributed by atoms with Gasteiger partial charge in [0.15, 0.2) is 10.9 Å². The monoisotopic (exact) mass is 352 g/mol. The predicted octanol–water partition coefficient (Wildman–Crippen LogP) is 4.75. The lowest BCUT2D eigenvalue weighted by Gasteiger charge is -2.13. The van der Waals surface area contributed by atoms with Crippen LogP contribution in [0.15, 0.2) is 36.1 Å². The van der Waals surface area contributed by atoms with E-state index in [9.17, 15) is 0 Å². The van der Waals surface area contributed by atoms with Crippen LogP contribution >= 0.6 is 11.3 Å². The molecule has 0 atom stereocenters. The molecule has 0 spiro atoms. The molecule has 1 aromatic carbocycles. The average molecular weight is 352 g/mol. The number of thiazole rings is 1. The van der Waals surface area contributed by atoms with Crippen molar-refractivity contribution in [1.29, 1.82) is 0 Å². The van der Waals surface area contributed by atoms with Crippen molar-refractivity contribution in [3.05, 3.63) is 47.2 Å². The van der Waals surface area contributed by atoms with Crippen LogP contribution in [0.5, 0.6) is 5.75 Å². The molecule has 2 aromatic heterocycles. The highest BCUT2D eigenvalue weighted by molar-refractivity contribution is 7.14. The lowest BCUT2D eigenvalue weighted by Crippen LogP contribution is -2.02. The molecule has 2 heterocycles. The molecule has 6 heteroatoms. The molecule has 1 aliphatic rings. The Kier molecular flexibility index (Phi) is 4.36. The summed E-state index contributed by atoms with van der Waals surface area (Å²) in [5.74, 6) is 2.47. The van der Waals surface area contributed by atoms with Crippen LogP contribution < -0.4 is 10.1 Å². The third-order valence-corrected chi connectivity index (χ3v) is 4.98. The van der Waals surface area contributed by atoms with E-state index in [0.717, 1.165) is 45.8 Å². The molecule has 0 radical (unpaired) electrons. The van der Waals surface area contributed by atoms with Crippen molar-refractivity contribution in [2.45, 2.75) is 26.7 Å². The standard InChI is InChI=1S/C19H20N4OS/c1-12-7-15(8-13(2)18(12)24-10-14-3-4-14)16-11-25-19(22-16)23-17-9-20-5-6-21-17/h5-9,11,14H,3-4,10H2,1-2H3,(H,21,22,23). The zero-order valence-corrected chi connectivity index (χ0v) is 15.1. The minimum atomic E-state index is 0.694. The number of nitrogens with zero attached hydrogens (tertiary/aromatic N) is 3. The minimum Gasteiger partial charge on any atom is -0.493 e. The van der Waals surface area contributed by atoms with Crippen molar-refractivity contribution >= 4 is 22.3 Å². The van der Waals surface area contributed by atoms with E-state index in [-0.39, 0.29) is 0 Å². The van der Waals surface area contributed by atoms with Gasteiger partial charge in [-0.05, 0) is 55.9 Å². The Balaban J connectivity index is 1.53. The van der Waals surface area contributed by atoms with E-state index in [1.54, 1.807) is 29.9 Å². The Morgan fingerprint density at radius 2 is 2.00 bits per heavy atom. The van der Waals surface area contributed by atoms with E-state index in [2.05, 4.69) is 51.6 Å². The summed E-state index contributed by atoms with van der Waals surface area (Å²) >= 11 is 1.56. The molecule has 3 aromatic rings. The molecule has 0 amide bonds. The summed E-state index contributed by atoms with van der Waals surface area (Å²) in [7, 11) is 0. The highest BCUT2D eigenvalue weighted by Crippen LogP contribution is 2.34. The molecule has 0 unspecified atom stereocenters. The van der Waals surface area contributed by atoms with E-state index in [0.29, 0.717) is 5.82 Å². The Labute approximate surface area is 151 Å². The van der Waals surface area contributed by atoms with Gasteiger partial charge in [0.2, 0.25) is 0 Å². The quantitative estimate of drug-likeness (QED) is 0.694. The molecule has 1 fully saturated rings. The van der Waals surface area contributed by atoms with Crippen LogP contribution in [0.25, 0.3) is 11.3 Å². The van der Waals surface area contributed by atoms with Gasteiger partial charge in [-0.25, -0.2) is 9.97 Å². The van der Waals surface area contributed by atoms with E-state index in [1.165, 1.54) is 12.8 Å². The number of rotatable bonds is 6.